The van der Waals surface area contributed by atoms with Crippen molar-refractivity contribution in [2.45, 2.75) is 26.3 Å². The topological polar surface area (TPSA) is 44.5 Å². The van der Waals surface area contributed by atoms with Gasteiger partial charge in [-0.3, -0.25) is 0 Å². The number of fused-ring (bicyclic) bond motifs is 1. The average Bonchev–Trinajstić information content (AvgIpc) is 2.28. The Hall–Kier alpha value is -1.22. The van der Waals surface area contributed by atoms with E-state index in [1.165, 1.54) is 5.56 Å². The van der Waals surface area contributed by atoms with Gasteiger partial charge in [0, 0.05) is 12.0 Å². The van der Waals surface area contributed by atoms with Crippen LogP contribution in [0.5, 0.6) is 11.5 Å². The molecule has 3 heteroatoms. The van der Waals surface area contributed by atoms with E-state index in [1.54, 1.807) is 0 Å². The van der Waals surface area contributed by atoms with Crippen molar-refractivity contribution in [2.24, 2.45) is 11.7 Å². The van der Waals surface area contributed by atoms with Gasteiger partial charge in [0.25, 0.3) is 0 Å². The Kier molecular flexibility index (Phi) is 3.34. The molecule has 0 saturated heterocycles. The van der Waals surface area contributed by atoms with E-state index in [0.717, 1.165) is 24.5 Å². The maximum Gasteiger partial charge on any atom is 0.122 e. The Morgan fingerprint density at radius 3 is 3.06 bits per heavy atom. The summed E-state index contributed by atoms with van der Waals surface area (Å²) in [6.45, 7) is 5.43. The minimum atomic E-state index is 0.170. The summed E-state index contributed by atoms with van der Waals surface area (Å²) in [5.74, 6) is 2.29. The summed E-state index contributed by atoms with van der Waals surface area (Å²) in [6, 6.07) is 6.17. The van der Waals surface area contributed by atoms with Gasteiger partial charge in [-0.05, 0) is 44.0 Å². The van der Waals surface area contributed by atoms with Crippen LogP contribution in [0.25, 0.3) is 0 Å². The molecule has 16 heavy (non-hydrogen) atoms. The summed E-state index contributed by atoms with van der Waals surface area (Å²) >= 11 is 0. The molecule has 1 aliphatic rings. The zero-order valence-corrected chi connectivity index (χ0v) is 9.90. The van der Waals surface area contributed by atoms with Crippen LogP contribution in [-0.2, 0) is 6.42 Å². The predicted molar refractivity (Wildman–Crippen MR) is 63.9 cm³/mol. The van der Waals surface area contributed by atoms with Gasteiger partial charge >= 0.3 is 0 Å². The van der Waals surface area contributed by atoms with Crippen molar-refractivity contribution < 1.29 is 9.47 Å². The van der Waals surface area contributed by atoms with Crippen LogP contribution in [0.3, 0.4) is 0 Å². The summed E-state index contributed by atoms with van der Waals surface area (Å²) in [7, 11) is 0. The Balaban J connectivity index is 2.18. The number of rotatable bonds is 3. The molecule has 1 unspecified atom stereocenters. The fraction of sp³-hybridized carbons (Fsp3) is 0.538. The molecule has 88 valence electrons. The highest BCUT2D eigenvalue weighted by Crippen LogP contribution is 2.31. The van der Waals surface area contributed by atoms with E-state index in [0.29, 0.717) is 12.5 Å². The lowest BCUT2D eigenvalue weighted by Crippen LogP contribution is -2.35. The van der Waals surface area contributed by atoms with E-state index in [-0.39, 0.29) is 6.04 Å². The second-order valence-corrected chi connectivity index (χ2v) is 4.34. The van der Waals surface area contributed by atoms with Gasteiger partial charge in [-0.15, -0.1) is 0 Å². The van der Waals surface area contributed by atoms with E-state index in [1.807, 2.05) is 26.0 Å². The molecule has 0 bridgehead atoms. The highest BCUT2D eigenvalue weighted by Gasteiger charge is 2.22. The second-order valence-electron chi connectivity index (χ2n) is 4.34. The summed E-state index contributed by atoms with van der Waals surface area (Å²) in [5.41, 5.74) is 7.12. The van der Waals surface area contributed by atoms with E-state index in [4.69, 9.17) is 15.2 Å². The number of hydrogen-bond donors (Lipinski definition) is 1. The Labute approximate surface area is 96.5 Å². The standard InChI is InChI=1S/C13H19NO2/c1-3-15-12-4-5-13-10(7-12)6-11(8-16-13)9(2)14/h4-5,7,9,11H,3,6,8,14H2,1-2H3/t9-,11?/m0/s1. The quantitative estimate of drug-likeness (QED) is 0.849. The van der Waals surface area contributed by atoms with Gasteiger partial charge in [0.05, 0.1) is 13.2 Å². The zero-order chi connectivity index (χ0) is 11.5. The zero-order valence-electron chi connectivity index (χ0n) is 9.90. The second kappa shape index (κ2) is 4.74. The lowest BCUT2D eigenvalue weighted by molar-refractivity contribution is 0.203. The third-order valence-corrected chi connectivity index (χ3v) is 3.02. The van der Waals surface area contributed by atoms with Crippen molar-refractivity contribution in [3.8, 4) is 11.5 Å². The molecule has 0 amide bonds. The largest absolute Gasteiger partial charge is 0.494 e. The molecule has 2 N–H and O–H groups in total. The van der Waals surface area contributed by atoms with Crippen LogP contribution in [0.1, 0.15) is 19.4 Å². The SMILES string of the molecule is CCOc1ccc2c(c1)CC([C@H](C)N)CO2. The van der Waals surface area contributed by atoms with Crippen molar-refractivity contribution in [3.63, 3.8) is 0 Å². The van der Waals surface area contributed by atoms with Gasteiger partial charge in [-0.2, -0.15) is 0 Å². The molecule has 3 nitrogen and oxygen atoms in total. The van der Waals surface area contributed by atoms with Crippen molar-refractivity contribution in [1.82, 2.24) is 0 Å². The molecule has 0 radical (unpaired) electrons. The number of hydrogen-bond acceptors (Lipinski definition) is 3. The lowest BCUT2D eigenvalue weighted by Gasteiger charge is -2.28. The van der Waals surface area contributed by atoms with Crippen LogP contribution >= 0.6 is 0 Å². The third kappa shape index (κ3) is 2.30. The van der Waals surface area contributed by atoms with E-state index in [9.17, 15) is 0 Å². The lowest BCUT2D eigenvalue weighted by atomic mass is 9.92. The molecule has 1 heterocycles. The predicted octanol–water partition coefficient (Wildman–Crippen LogP) is 1.98. The summed E-state index contributed by atoms with van der Waals surface area (Å²) < 4.78 is 11.2. The highest BCUT2D eigenvalue weighted by atomic mass is 16.5. The van der Waals surface area contributed by atoms with Crippen molar-refractivity contribution in [1.29, 1.82) is 0 Å². The molecule has 1 aromatic rings. The van der Waals surface area contributed by atoms with Crippen LogP contribution in [0, 0.1) is 5.92 Å². The van der Waals surface area contributed by atoms with Crippen LogP contribution < -0.4 is 15.2 Å². The molecule has 1 aromatic carbocycles. The molecular formula is C13H19NO2. The summed E-state index contributed by atoms with van der Waals surface area (Å²) in [4.78, 5) is 0. The fourth-order valence-electron chi connectivity index (χ4n) is 1.99. The first-order valence-electron chi connectivity index (χ1n) is 5.84. The van der Waals surface area contributed by atoms with Crippen LogP contribution in [-0.4, -0.2) is 19.3 Å². The number of ether oxygens (including phenoxy) is 2. The Bertz CT molecular complexity index is 363. The summed E-state index contributed by atoms with van der Waals surface area (Å²) in [6.07, 6.45) is 0.980. The van der Waals surface area contributed by atoms with E-state index < -0.39 is 0 Å². The average molecular weight is 221 g/mol. The molecule has 0 aromatic heterocycles. The van der Waals surface area contributed by atoms with Gasteiger partial charge < -0.3 is 15.2 Å². The minimum absolute atomic E-state index is 0.170. The molecule has 0 saturated carbocycles. The molecule has 2 atom stereocenters. The minimum Gasteiger partial charge on any atom is -0.494 e. The molecule has 2 rings (SSSR count). The molecule has 1 aliphatic heterocycles. The Morgan fingerprint density at radius 1 is 1.56 bits per heavy atom. The molecule has 0 spiro atoms. The van der Waals surface area contributed by atoms with Gasteiger partial charge in [0.15, 0.2) is 0 Å². The fourth-order valence-corrected chi connectivity index (χ4v) is 1.99. The first-order valence-corrected chi connectivity index (χ1v) is 5.84. The van der Waals surface area contributed by atoms with Gasteiger partial charge in [0.2, 0.25) is 0 Å². The Morgan fingerprint density at radius 2 is 2.38 bits per heavy atom. The van der Waals surface area contributed by atoms with Crippen LogP contribution in [0.4, 0.5) is 0 Å². The smallest absolute Gasteiger partial charge is 0.122 e. The van der Waals surface area contributed by atoms with E-state index in [2.05, 4.69) is 6.07 Å². The van der Waals surface area contributed by atoms with Gasteiger partial charge in [0.1, 0.15) is 11.5 Å². The molecule has 0 fully saturated rings. The molecule has 0 aliphatic carbocycles. The summed E-state index contributed by atoms with van der Waals surface area (Å²) in [5, 5.41) is 0. The third-order valence-electron chi connectivity index (χ3n) is 3.02. The first kappa shape index (κ1) is 11.3. The maximum atomic E-state index is 5.91. The van der Waals surface area contributed by atoms with Gasteiger partial charge in [-0.25, -0.2) is 0 Å². The first-order chi connectivity index (χ1) is 7.70. The maximum absolute atomic E-state index is 5.91. The molecular weight excluding hydrogens is 202 g/mol. The van der Waals surface area contributed by atoms with Crippen molar-refractivity contribution in [2.75, 3.05) is 13.2 Å². The van der Waals surface area contributed by atoms with Crippen molar-refractivity contribution in [3.05, 3.63) is 23.8 Å². The monoisotopic (exact) mass is 221 g/mol. The van der Waals surface area contributed by atoms with Crippen LogP contribution in [0.2, 0.25) is 0 Å². The van der Waals surface area contributed by atoms with Gasteiger partial charge in [-0.1, -0.05) is 0 Å². The van der Waals surface area contributed by atoms with Crippen LogP contribution in [0.15, 0.2) is 18.2 Å². The highest BCUT2D eigenvalue weighted by molar-refractivity contribution is 5.41. The van der Waals surface area contributed by atoms with E-state index >= 15 is 0 Å². The normalized spacial score (nSPS) is 20.8. The van der Waals surface area contributed by atoms with Crippen molar-refractivity contribution >= 4 is 0 Å². The number of benzene rings is 1. The number of nitrogens with two attached hydrogens (primary N) is 1.